The van der Waals surface area contributed by atoms with Gasteiger partial charge in [-0.05, 0) is 26.0 Å². The summed E-state index contributed by atoms with van der Waals surface area (Å²) < 4.78 is 13.4. The number of morpholine rings is 1. The van der Waals surface area contributed by atoms with Crippen LogP contribution in [0.15, 0.2) is 30.5 Å². The Labute approximate surface area is 160 Å². The van der Waals surface area contributed by atoms with Crippen molar-refractivity contribution in [1.82, 2.24) is 9.78 Å². The van der Waals surface area contributed by atoms with Crippen LogP contribution in [-0.4, -0.2) is 53.6 Å². The topological polar surface area (TPSA) is 76.8 Å². The largest absolute Gasteiger partial charge is 0.507 e. The zero-order chi connectivity index (χ0) is 19.8. The summed E-state index contributed by atoms with van der Waals surface area (Å²) in [6.45, 7) is 10.4. The molecule has 1 atom stereocenters. The summed E-state index contributed by atoms with van der Waals surface area (Å²) in [5, 5.41) is 14.2. The third-order valence-corrected chi connectivity index (χ3v) is 4.25. The van der Waals surface area contributed by atoms with Gasteiger partial charge < -0.3 is 19.5 Å². The van der Waals surface area contributed by atoms with Crippen LogP contribution in [0.2, 0.25) is 0 Å². The Balaban J connectivity index is 0.00000126. The second-order valence-corrected chi connectivity index (χ2v) is 6.27. The summed E-state index contributed by atoms with van der Waals surface area (Å²) in [5.41, 5.74) is 0.165. The predicted octanol–water partition coefficient (Wildman–Crippen LogP) is 3.29. The number of benzene rings is 1. The molecule has 0 radical (unpaired) electrons. The number of aromatic nitrogens is 2. The van der Waals surface area contributed by atoms with Crippen molar-refractivity contribution < 1.29 is 19.4 Å². The zero-order valence-electron chi connectivity index (χ0n) is 16.5. The summed E-state index contributed by atoms with van der Waals surface area (Å²) in [4.78, 5) is 13.4. The second-order valence-electron chi connectivity index (χ2n) is 6.27. The van der Waals surface area contributed by atoms with Crippen molar-refractivity contribution in [3.05, 3.63) is 36.0 Å². The highest BCUT2D eigenvalue weighted by Crippen LogP contribution is 2.27. The van der Waals surface area contributed by atoms with E-state index in [4.69, 9.17) is 9.47 Å². The van der Waals surface area contributed by atoms with Crippen molar-refractivity contribution in [3.63, 3.8) is 0 Å². The maximum absolute atomic E-state index is 11.2. The van der Waals surface area contributed by atoms with E-state index >= 15 is 0 Å². The number of ether oxygens (including phenoxy) is 2. The van der Waals surface area contributed by atoms with Gasteiger partial charge in [-0.25, -0.2) is 4.68 Å². The molecule has 1 aromatic carbocycles. The van der Waals surface area contributed by atoms with Gasteiger partial charge in [-0.2, -0.15) is 5.10 Å². The van der Waals surface area contributed by atoms with Crippen LogP contribution in [-0.2, 0) is 4.74 Å². The lowest BCUT2D eigenvalue weighted by Gasteiger charge is -2.37. The summed E-state index contributed by atoms with van der Waals surface area (Å²) in [5.74, 6) is 1.32. The molecule has 7 heteroatoms. The van der Waals surface area contributed by atoms with Crippen molar-refractivity contribution in [2.75, 3.05) is 31.3 Å². The zero-order valence-corrected chi connectivity index (χ0v) is 16.5. The van der Waals surface area contributed by atoms with E-state index < -0.39 is 0 Å². The molecule has 0 saturated carbocycles. The van der Waals surface area contributed by atoms with Crippen molar-refractivity contribution >= 4 is 12.1 Å². The summed E-state index contributed by atoms with van der Waals surface area (Å²) in [6, 6.07) is 7.03. The van der Waals surface area contributed by atoms with Crippen LogP contribution in [0.3, 0.4) is 0 Å². The van der Waals surface area contributed by atoms with Gasteiger partial charge >= 0.3 is 0 Å². The molecule has 1 unspecified atom stereocenters. The highest BCUT2D eigenvalue weighted by molar-refractivity contribution is 5.83. The number of hydrogen-bond donors (Lipinski definition) is 1. The molecule has 1 saturated heterocycles. The molecule has 2 heterocycles. The Bertz CT molecular complexity index is 730. The second kappa shape index (κ2) is 9.97. The molecule has 1 fully saturated rings. The highest BCUT2D eigenvalue weighted by Gasteiger charge is 2.27. The molecule has 1 aliphatic rings. The molecular formula is C20H29N3O4. The first-order valence-corrected chi connectivity index (χ1v) is 9.39. The van der Waals surface area contributed by atoms with E-state index in [1.54, 1.807) is 18.3 Å². The van der Waals surface area contributed by atoms with E-state index in [2.05, 4.69) is 23.8 Å². The average molecular weight is 375 g/mol. The van der Waals surface area contributed by atoms with Crippen molar-refractivity contribution in [3.8, 4) is 11.5 Å². The Morgan fingerprint density at radius 2 is 2.15 bits per heavy atom. The minimum Gasteiger partial charge on any atom is -0.507 e. The van der Waals surface area contributed by atoms with Gasteiger partial charge in [-0.3, -0.25) is 4.79 Å². The van der Waals surface area contributed by atoms with Gasteiger partial charge in [0.05, 0.1) is 31.0 Å². The molecule has 1 aromatic heterocycles. The maximum atomic E-state index is 11.2. The number of nitrogens with zero attached hydrogens (tertiary/aromatic N) is 3. The third-order valence-electron chi connectivity index (χ3n) is 4.25. The first-order chi connectivity index (χ1) is 13.1. The number of carbonyl (C=O) groups excluding carboxylic acids is 1. The van der Waals surface area contributed by atoms with E-state index in [0.717, 1.165) is 12.4 Å². The smallest absolute Gasteiger partial charge is 0.157 e. The molecule has 0 aliphatic carbocycles. The normalized spacial score (nSPS) is 16.6. The molecule has 148 valence electrons. The van der Waals surface area contributed by atoms with E-state index in [1.807, 2.05) is 24.6 Å². The molecule has 3 rings (SSSR count). The van der Waals surface area contributed by atoms with Crippen LogP contribution in [0.4, 0.5) is 5.82 Å². The van der Waals surface area contributed by atoms with Crippen molar-refractivity contribution in [1.29, 1.82) is 0 Å². The number of hydrogen-bond acceptors (Lipinski definition) is 6. The van der Waals surface area contributed by atoms with E-state index in [9.17, 15) is 9.90 Å². The molecular weight excluding hydrogens is 346 g/mol. The molecule has 0 spiro atoms. The summed E-state index contributed by atoms with van der Waals surface area (Å²) in [7, 11) is 0. The van der Waals surface area contributed by atoms with Gasteiger partial charge in [0.15, 0.2) is 6.29 Å². The standard InChI is InChI=1S/C18H23N3O4.C2H6/c1-13(2)21-18(6-7-19-21)20-8-9-24-11-14(20)12-25-17-5-3-4-16(23)15(17)10-22;1-2/h3-7,10,13-14,23H,8-9,11-12H2,1-2H3;1-2H3. The summed E-state index contributed by atoms with van der Waals surface area (Å²) >= 11 is 0. The van der Waals surface area contributed by atoms with Gasteiger partial charge in [0, 0.05) is 18.7 Å². The first-order valence-electron chi connectivity index (χ1n) is 9.39. The van der Waals surface area contributed by atoms with Crippen LogP contribution in [0.5, 0.6) is 11.5 Å². The minimum absolute atomic E-state index is 0.00944. The predicted molar refractivity (Wildman–Crippen MR) is 105 cm³/mol. The highest BCUT2D eigenvalue weighted by atomic mass is 16.5. The van der Waals surface area contributed by atoms with Gasteiger partial charge in [-0.15, -0.1) is 0 Å². The number of rotatable bonds is 6. The lowest BCUT2D eigenvalue weighted by Crippen LogP contribution is -2.49. The Kier molecular flexibility index (Phi) is 7.67. The lowest BCUT2D eigenvalue weighted by molar-refractivity contribution is 0.0756. The molecule has 2 aromatic rings. The fraction of sp³-hybridized carbons (Fsp3) is 0.500. The summed E-state index contributed by atoms with van der Waals surface area (Å²) in [6.07, 6.45) is 2.40. The van der Waals surface area contributed by atoms with Crippen LogP contribution in [0.25, 0.3) is 0 Å². The van der Waals surface area contributed by atoms with Crippen LogP contribution >= 0.6 is 0 Å². The molecule has 0 amide bonds. The monoisotopic (exact) mass is 375 g/mol. The van der Waals surface area contributed by atoms with Gasteiger partial charge in [0.1, 0.15) is 23.9 Å². The fourth-order valence-electron chi connectivity index (χ4n) is 2.99. The van der Waals surface area contributed by atoms with E-state index in [-0.39, 0.29) is 23.4 Å². The van der Waals surface area contributed by atoms with Gasteiger partial charge in [0.25, 0.3) is 0 Å². The van der Waals surface area contributed by atoms with Gasteiger partial charge in [0.2, 0.25) is 0 Å². The molecule has 1 N–H and O–H groups in total. The van der Waals surface area contributed by atoms with E-state index in [1.165, 1.54) is 6.07 Å². The van der Waals surface area contributed by atoms with Crippen molar-refractivity contribution in [2.45, 2.75) is 39.8 Å². The quantitative estimate of drug-likeness (QED) is 0.781. The minimum atomic E-state index is -0.0814. The first kappa shape index (κ1) is 20.8. The van der Waals surface area contributed by atoms with Crippen LogP contribution < -0.4 is 9.64 Å². The number of phenolic OH excluding ortho intramolecular Hbond substituents is 1. The van der Waals surface area contributed by atoms with Gasteiger partial charge in [-0.1, -0.05) is 19.9 Å². The van der Waals surface area contributed by atoms with Crippen LogP contribution in [0, 0.1) is 0 Å². The number of anilines is 1. The Hall–Kier alpha value is -2.54. The number of phenols is 1. The average Bonchev–Trinajstić information content (AvgIpc) is 3.18. The fourth-order valence-corrected chi connectivity index (χ4v) is 2.99. The number of aromatic hydroxyl groups is 1. The lowest BCUT2D eigenvalue weighted by atomic mass is 10.2. The maximum Gasteiger partial charge on any atom is 0.157 e. The van der Waals surface area contributed by atoms with E-state index in [0.29, 0.717) is 31.9 Å². The number of aldehydes is 1. The molecule has 0 bridgehead atoms. The number of carbonyl (C=O) groups is 1. The third kappa shape index (κ3) is 4.80. The Morgan fingerprint density at radius 1 is 1.37 bits per heavy atom. The molecule has 7 nitrogen and oxygen atoms in total. The molecule has 27 heavy (non-hydrogen) atoms. The Morgan fingerprint density at radius 3 is 2.85 bits per heavy atom. The van der Waals surface area contributed by atoms with Crippen molar-refractivity contribution in [2.24, 2.45) is 0 Å². The molecule has 1 aliphatic heterocycles. The van der Waals surface area contributed by atoms with Crippen LogP contribution in [0.1, 0.15) is 44.1 Å². The SMILES string of the molecule is CC.CC(C)n1nccc1N1CCOCC1COc1cccc(O)c1C=O.